The molecule has 0 fully saturated rings. The summed E-state index contributed by atoms with van der Waals surface area (Å²) >= 11 is 0. The molecule has 29 heavy (non-hydrogen) atoms. The van der Waals surface area contributed by atoms with E-state index in [1.807, 2.05) is 48.5 Å². The van der Waals surface area contributed by atoms with E-state index in [0.29, 0.717) is 5.56 Å². The number of alkyl halides is 3. The van der Waals surface area contributed by atoms with Crippen LogP contribution in [0, 0.1) is 0 Å². The van der Waals surface area contributed by atoms with Gasteiger partial charge in [-0.15, -0.1) is 0 Å². The summed E-state index contributed by atoms with van der Waals surface area (Å²) < 4.78 is 41.3. The van der Waals surface area contributed by atoms with Crippen molar-refractivity contribution in [3.63, 3.8) is 0 Å². The summed E-state index contributed by atoms with van der Waals surface area (Å²) in [5.41, 5.74) is 3.83. The minimum atomic E-state index is -4.35. The highest BCUT2D eigenvalue weighted by molar-refractivity contribution is 6.09. The van der Waals surface area contributed by atoms with Crippen LogP contribution in [0.25, 0.3) is 38.6 Å². The third kappa shape index (κ3) is 2.97. The molecule has 0 aliphatic heterocycles. The maximum Gasteiger partial charge on any atom is 0.416 e. The molecule has 0 N–H and O–H groups in total. The van der Waals surface area contributed by atoms with E-state index in [4.69, 9.17) is 0 Å². The van der Waals surface area contributed by atoms with E-state index < -0.39 is 11.7 Å². The fourth-order valence-electron chi connectivity index (χ4n) is 3.88. The van der Waals surface area contributed by atoms with Crippen LogP contribution in [-0.2, 0) is 6.18 Å². The average molecular weight is 387 g/mol. The number of rotatable bonds is 2. The maximum atomic E-state index is 13.0. The first-order chi connectivity index (χ1) is 14.0. The molecule has 1 aromatic heterocycles. The molecule has 0 atom stereocenters. The number of hydrogen-bond donors (Lipinski definition) is 0. The van der Waals surface area contributed by atoms with Crippen LogP contribution in [0.5, 0.6) is 0 Å². The van der Waals surface area contributed by atoms with Gasteiger partial charge in [0.25, 0.3) is 0 Å². The molecule has 5 rings (SSSR count). The predicted octanol–water partition coefficient (Wildman–Crippen LogP) is 7.47. The van der Waals surface area contributed by atoms with Crippen LogP contribution in [0.3, 0.4) is 0 Å². The Hall–Kier alpha value is -3.53. The average Bonchev–Trinajstić information content (AvgIpc) is 3.08. The Balaban J connectivity index is 1.63. The third-order valence-electron chi connectivity index (χ3n) is 5.23. The molecule has 0 spiro atoms. The number of para-hydroxylation sites is 2. The van der Waals surface area contributed by atoms with Crippen molar-refractivity contribution in [1.82, 2.24) is 4.57 Å². The van der Waals surface area contributed by atoms with Gasteiger partial charge in [-0.05, 0) is 47.5 Å². The zero-order valence-electron chi connectivity index (χ0n) is 15.3. The van der Waals surface area contributed by atoms with Crippen LogP contribution >= 0.6 is 0 Å². The van der Waals surface area contributed by atoms with E-state index in [1.54, 1.807) is 6.07 Å². The summed E-state index contributed by atoms with van der Waals surface area (Å²) in [6.45, 7) is 0. The van der Waals surface area contributed by atoms with E-state index in [0.717, 1.165) is 28.4 Å². The molecule has 4 heteroatoms. The lowest BCUT2D eigenvalue weighted by molar-refractivity contribution is -0.137. The van der Waals surface area contributed by atoms with Gasteiger partial charge in [-0.1, -0.05) is 60.7 Å². The van der Waals surface area contributed by atoms with Crippen LogP contribution in [0.4, 0.5) is 13.2 Å². The van der Waals surface area contributed by atoms with Crippen LogP contribution in [0.2, 0.25) is 0 Å². The zero-order chi connectivity index (χ0) is 20.0. The van der Waals surface area contributed by atoms with Crippen LogP contribution in [-0.4, -0.2) is 4.57 Å². The summed E-state index contributed by atoms with van der Waals surface area (Å²) in [5.74, 6) is 0. The molecule has 0 amide bonds. The van der Waals surface area contributed by atoms with Gasteiger partial charge in [0.15, 0.2) is 0 Å². The highest BCUT2D eigenvalue weighted by Crippen LogP contribution is 2.34. The second-order valence-electron chi connectivity index (χ2n) is 7.00. The summed E-state index contributed by atoms with van der Waals surface area (Å²) in [7, 11) is 0. The van der Waals surface area contributed by atoms with Gasteiger partial charge in [0.2, 0.25) is 0 Å². The maximum absolute atomic E-state index is 13.0. The molecule has 0 saturated carbocycles. The van der Waals surface area contributed by atoms with Gasteiger partial charge in [-0.25, -0.2) is 0 Å². The van der Waals surface area contributed by atoms with E-state index in [1.165, 1.54) is 22.9 Å². The summed E-state index contributed by atoms with van der Waals surface area (Å²) in [4.78, 5) is 0. The quantitative estimate of drug-likeness (QED) is 0.296. The van der Waals surface area contributed by atoms with Crippen LogP contribution in [0.1, 0.15) is 5.56 Å². The van der Waals surface area contributed by atoms with E-state index in [9.17, 15) is 13.2 Å². The Morgan fingerprint density at radius 3 is 1.72 bits per heavy atom. The number of aromatic nitrogens is 1. The molecular weight excluding hydrogens is 371 g/mol. The molecule has 5 aromatic rings. The number of halogens is 3. The minimum Gasteiger partial charge on any atom is -0.309 e. The summed E-state index contributed by atoms with van der Waals surface area (Å²) in [6, 6.07) is 29.5. The highest BCUT2D eigenvalue weighted by atomic mass is 19.4. The number of benzene rings is 4. The lowest BCUT2D eigenvalue weighted by atomic mass is 10.0. The molecule has 1 heterocycles. The van der Waals surface area contributed by atoms with Crippen molar-refractivity contribution in [1.29, 1.82) is 0 Å². The molecule has 0 unspecified atom stereocenters. The van der Waals surface area contributed by atoms with Gasteiger partial charge in [-0.2, -0.15) is 13.2 Å². The first kappa shape index (κ1) is 17.6. The second kappa shape index (κ2) is 6.52. The standard InChI is InChI=1S/C25H16F3N/c26-25(27,28)19-7-5-6-18(16-19)17-12-14-20(15-13-17)29-23-10-3-1-8-21(23)22-9-2-4-11-24(22)29/h1-16H. The fraction of sp³-hybridized carbons (Fsp3) is 0.0400. The van der Waals surface area contributed by atoms with Crippen LogP contribution < -0.4 is 0 Å². The van der Waals surface area contributed by atoms with Crippen molar-refractivity contribution in [2.45, 2.75) is 6.18 Å². The Morgan fingerprint density at radius 2 is 1.14 bits per heavy atom. The smallest absolute Gasteiger partial charge is 0.309 e. The Labute approximate surface area is 165 Å². The summed E-state index contributed by atoms with van der Waals surface area (Å²) in [5, 5.41) is 2.34. The molecule has 0 saturated heterocycles. The molecule has 0 radical (unpaired) electrons. The van der Waals surface area contributed by atoms with Crippen molar-refractivity contribution in [2.24, 2.45) is 0 Å². The fourth-order valence-corrected chi connectivity index (χ4v) is 3.88. The van der Waals surface area contributed by atoms with E-state index in [-0.39, 0.29) is 0 Å². The number of nitrogens with zero attached hydrogens (tertiary/aromatic N) is 1. The van der Waals surface area contributed by atoms with Gasteiger partial charge in [0.1, 0.15) is 0 Å². The van der Waals surface area contributed by atoms with E-state index >= 15 is 0 Å². The van der Waals surface area contributed by atoms with Crippen molar-refractivity contribution < 1.29 is 13.2 Å². The van der Waals surface area contributed by atoms with Gasteiger partial charge in [-0.3, -0.25) is 0 Å². The molecule has 0 aliphatic carbocycles. The Bertz CT molecular complexity index is 1270. The van der Waals surface area contributed by atoms with Crippen molar-refractivity contribution in [2.75, 3.05) is 0 Å². The monoisotopic (exact) mass is 387 g/mol. The first-order valence-corrected chi connectivity index (χ1v) is 9.29. The van der Waals surface area contributed by atoms with Gasteiger partial charge < -0.3 is 4.57 Å². The largest absolute Gasteiger partial charge is 0.416 e. The molecule has 1 nitrogen and oxygen atoms in total. The number of hydrogen-bond acceptors (Lipinski definition) is 0. The Kier molecular flexibility index (Phi) is 3.95. The van der Waals surface area contributed by atoms with Crippen molar-refractivity contribution >= 4 is 21.8 Å². The zero-order valence-corrected chi connectivity index (χ0v) is 15.3. The predicted molar refractivity (Wildman–Crippen MR) is 111 cm³/mol. The third-order valence-corrected chi connectivity index (χ3v) is 5.23. The SMILES string of the molecule is FC(F)(F)c1cccc(-c2ccc(-n3c4ccccc4c4ccccc43)cc2)c1. The first-order valence-electron chi connectivity index (χ1n) is 9.29. The highest BCUT2D eigenvalue weighted by Gasteiger charge is 2.30. The minimum absolute atomic E-state index is 0.550. The number of fused-ring (bicyclic) bond motifs is 3. The lowest BCUT2D eigenvalue weighted by Gasteiger charge is -2.11. The molecule has 0 bridgehead atoms. The molecular formula is C25H16F3N. The van der Waals surface area contributed by atoms with Crippen molar-refractivity contribution in [3.05, 3.63) is 103 Å². The van der Waals surface area contributed by atoms with E-state index in [2.05, 4.69) is 28.8 Å². The lowest BCUT2D eigenvalue weighted by Crippen LogP contribution is -2.04. The van der Waals surface area contributed by atoms with Gasteiger partial charge in [0.05, 0.1) is 16.6 Å². The summed E-state index contributed by atoms with van der Waals surface area (Å²) in [6.07, 6.45) is -4.35. The topological polar surface area (TPSA) is 4.93 Å². The Morgan fingerprint density at radius 1 is 0.552 bits per heavy atom. The van der Waals surface area contributed by atoms with Gasteiger partial charge in [0, 0.05) is 16.5 Å². The molecule has 4 aromatic carbocycles. The van der Waals surface area contributed by atoms with Gasteiger partial charge >= 0.3 is 6.18 Å². The second-order valence-corrected chi connectivity index (χ2v) is 7.00. The molecule has 0 aliphatic rings. The molecule has 142 valence electrons. The van der Waals surface area contributed by atoms with Crippen LogP contribution in [0.15, 0.2) is 97.1 Å². The van der Waals surface area contributed by atoms with Crippen molar-refractivity contribution in [3.8, 4) is 16.8 Å². The normalized spacial score (nSPS) is 12.0.